The van der Waals surface area contributed by atoms with E-state index in [2.05, 4.69) is 0 Å². The standard InChI is InChI=1S/C21H15F5O2/c1-3-28-15-10-12-6-9-14(18(23)16(12)21(26)20(15)25)19(24)17(22)11-4-7-13(27-2)8-5-11/h4-10H,3H2,1-2H3. The van der Waals surface area contributed by atoms with Crippen molar-refractivity contribution in [2.75, 3.05) is 13.7 Å². The molecule has 3 rings (SSSR count). The van der Waals surface area contributed by atoms with E-state index in [1.807, 2.05) is 0 Å². The lowest BCUT2D eigenvalue weighted by Crippen LogP contribution is -2.00. The van der Waals surface area contributed by atoms with Gasteiger partial charge in [-0.05, 0) is 48.7 Å². The van der Waals surface area contributed by atoms with E-state index < -0.39 is 40.1 Å². The van der Waals surface area contributed by atoms with Gasteiger partial charge < -0.3 is 9.47 Å². The van der Waals surface area contributed by atoms with Crippen LogP contribution >= 0.6 is 0 Å². The van der Waals surface area contributed by atoms with Crippen LogP contribution in [0.3, 0.4) is 0 Å². The van der Waals surface area contributed by atoms with Gasteiger partial charge in [0.2, 0.25) is 5.82 Å². The number of benzene rings is 3. The summed E-state index contributed by atoms with van der Waals surface area (Å²) in [6, 6.07) is 8.55. The van der Waals surface area contributed by atoms with Crippen LogP contribution in [0.4, 0.5) is 22.0 Å². The summed E-state index contributed by atoms with van der Waals surface area (Å²) in [5, 5.41) is -0.822. The summed E-state index contributed by atoms with van der Waals surface area (Å²) in [6.45, 7) is 1.65. The maximum absolute atomic E-state index is 14.8. The molecule has 0 aromatic heterocycles. The zero-order chi connectivity index (χ0) is 20.4. The highest BCUT2D eigenvalue weighted by molar-refractivity contribution is 5.91. The van der Waals surface area contributed by atoms with Gasteiger partial charge in [0.05, 0.1) is 19.1 Å². The van der Waals surface area contributed by atoms with Crippen molar-refractivity contribution in [2.45, 2.75) is 6.92 Å². The second kappa shape index (κ2) is 7.88. The quantitative estimate of drug-likeness (QED) is 0.367. The highest BCUT2D eigenvalue weighted by Crippen LogP contribution is 2.36. The van der Waals surface area contributed by atoms with E-state index in [-0.39, 0.29) is 23.3 Å². The molecule has 3 aromatic carbocycles. The normalized spacial score (nSPS) is 12.1. The third-order valence-electron chi connectivity index (χ3n) is 4.16. The molecule has 0 bridgehead atoms. The molecule has 0 aliphatic carbocycles. The molecule has 0 saturated carbocycles. The number of halogens is 5. The van der Waals surface area contributed by atoms with Gasteiger partial charge in [-0.15, -0.1) is 0 Å². The van der Waals surface area contributed by atoms with Gasteiger partial charge >= 0.3 is 0 Å². The minimum absolute atomic E-state index is 0.0405. The summed E-state index contributed by atoms with van der Waals surface area (Å²) in [6.07, 6.45) is 0. The Labute approximate surface area is 157 Å². The molecule has 0 aliphatic rings. The van der Waals surface area contributed by atoms with E-state index in [9.17, 15) is 22.0 Å². The van der Waals surface area contributed by atoms with Crippen LogP contribution < -0.4 is 9.47 Å². The summed E-state index contributed by atoms with van der Waals surface area (Å²) in [5.74, 6) is -7.16. The van der Waals surface area contributed by atoms with Crippen molar-refractivity contribution < 1.29 is 31.4 Å². The van der Waals surface area contributed by atoms with Crippen molar-refractivity contribution in [3.63, 3.8) is 0 Å². The van der Waals surface area contributed by atoms with Gasteiger partial charge in [0, 0.05) is 11.1 Å². The van der Waals surface area contributed by atoms with E-state index in [0.717, 1.165) is 12.1 Å². The summed E-state index contributed by atoms with van der Waals surface area (Å²) in [7, 11) is 1.41. The van der Waals surface area contributed by atoms with Gasteiger partial charge in [-0.1, -0.05) is 6.07 Å². The molecule has 2 nitrogen and oxygen atoms in total. The molecule has 0 radical (unpaired) electrons. The highest BCUT2D eigenvalue weighted by Gasteiger charge is 2.23. The Kier molecular flexibility index (Phi) is 5.53. The van der Waals surface area contributed by atoms with E-state index >= 15 is 0 Å². The van der Waals surface area contributed by atoms with E-state index in [4.69, 9.17) is 9.47 Å². The monoisotopic (exact) mass is 394 g/mol. The van der Waals surface area contributed by atoms with E-state index in [1.54, 1.807) is 6.92 Å². The lowest BCUT2D eigenvalue weighted by atomic mass is 10.0. The molecule has 0 fully saturated rings. The molecular formula is C21H15F5O2. The van der Waals surface area contributed by atoms with Gasteiger partial charge in [0.1, 0.15) is 11.6 Å². The highest BCUT2D eigenvalue weighted by atomic mass is 19.2. The first-order chi connectivity index (χ1) is 13.4. The molecule has 0 N–H and O–H groups in total. The second-order valence-electron chi connectivity index (χ2n) is 5.82. The van der Waals surface area contributed by atoms with Crippen LogP contribution in [0.5, 0.6) is 11.5 Å². The molecule has 0 aliphatic heterocycles. The Balaban J connectivity index is 2.15. The van der Waals surface area contributed by atoms with Crippen LogP contribution in [0, 0.1) is 17.5 Å². The first-order valence-electron chi connectivity index (χ1n) is 8.32. The number of ether oxygens (including phenoxy) is 2. The molecule has 3 aromatic rings. The Morgan fingerprint density at radius 2 is 1.54 bits per heavy atom. The summed E-state index contributed by atoms with van der Waals surface area (Å²) >= 11 is 0. The average Bonchev–Trinajstić information content (AvgIpc) is 2.71. The van der Waals surface area contributed by atoms with Crippen molar-refractivity contribution in [2.24, 2.45) is 0 Å². The van der Waals surface area contributed by atoms with Gasteiger partial charge in [-0.2, -0.15) is 4.39 Å². The summed E-state index contributed by atoms with van der Waals surface area (Å²) in [4.78, 5) is 0. The predicted octanol–water partition coefficient (Wildman–Crippen LogP) is 6.43. The van der Waals surface area contributed by atoms with Gasteiger partial charge in [0.15, 0.2) is 23.2 Å². The molecule has 0 heterocycles. The number of hydrogen-bond acceptors (Lipinski definition) is 2. The molecule has 7 heteroatoms. The Morgan fingerprint density at radius 1 is 0.857 bits per heavy atom. The van der Waals surface area contributed by atoms with Crippen LogP contribution in [0.2, 0.25) is 0 Å². The summed E-state index contributed by atoms with van der Waals surface area (Å²) in [5.41, 5.74) is -0.973. The van der Waals surface area contributed by atoms with Crippen LogP contribution in [0.15, 0.2) is 42.5 Å². The zero-order valence-electron chi connectivity index (χ0n) is 15.0. The lowest BCUT2D eigenvalue weighted by Gasteiger charge is -2.11. The Morgan fingerprint density at radius 3 is 2.14 bits per heavy atom. The number of fused-ring (bicyclic) bond motifs is 1. The molecular weight excluding hydrogens is 379 g/mol. The Hall–Kier alpha value is -3.09. The average molecular weight is 394 g/mol. The topological polar surface area (TPSA) is 18.5 Å². The van der Waals surface area contributed by atoms with Crippen LogP contribution in [0.1, 0.15) is 18.1 Å². The van der Waals surface area contributed by atoms with Crippen LogP contribution in [-0.2, 0) is 0 Å². The fourth-order valence-corrected chi connectivity index (χ4v) is 2.77. The van der Waals surface area contributed by atoms with Crippen molar-refractivity contribution in [3.8, 4) is 11.5 Å². The zero-order valence-corrected chi connectivity index (χ0v) is 15.0. The third kappa shape index (κ3) is 3.40. The third-order valence-corrected chi connectivity index (χ3v) is 4.16. The lowest BCUT2D eigenvalue weighted by molar-refractivity contribution is 0.315. The van der Waals surface area contributed by atoms with E-state index in [0.29, 0.717) is 5.75 Å². The minimum Gasteiger partial charge on any atom is -0.497 e. The van der Waals surface area contributed by atoms with Crippen molar-refractivity contribution >= 4 is 22.4 Å². The predicted molar refractivity (Wildman–Crippen MR) is 97.0 cm³/mol. The molecule has 0 amide bonds. The first-order valence-corrected chi connectivity index (χ1v) is 8.32. The maximum atomic E-state index is 14.8. The molecule has 0 spiro atoms. The first kappa shape index (κ1) is 19.7. The van der Waals surface area contributed by atoms with Crippen LogP contribution in [-0.4, -0.2) is 13.7 Å². The second-order valence-corrected chi connectivity index (χ2v) is 5.82. The van der Waals surface area contributed by atoms with Crippen molar-refractivity contribution in [1.29, 1.82) is 0 Å². The Bertz CT molecular complexity index is 1060. The van der Waals surface area contributed by atoms with Crippen molar-refractivity contribution in [3.05, 3.63) is 71.0 Å². The molecule has 0 unspecified atom stereocenters. The summed E-state index contributed by atoms with van der Waals surface area (Å²) < 4.78 is 82.2. The van der Waals surface area contributed by atoms with Gasteiger partial charge in [-0.25, -0.2) is 17.6 Å². The SMILES string of the molecule is CCOc1cc2ccc(C(F)=C(F)c3ccc(OC)cc3)c(F)c2c(F)c1F. The largest absolute Gasteiger partial charge is 0.497 e. The minimum atomic E-state index is -1.53. The molecule has 146 valence electrons. The number of rotatable bonds is 5. The van der Waals surface area contributed by atoms with E-state index in [1.165, 1.54) is 37.4 Å². The molecule has 0 saturated heterocycles. The van der Waals surface area contributed by atoms with Gasteiger partial charge in [-0.3, -0.25) is 0 Å². The number of methoxy groups -OCH3 is 1. The molecule has 28 heavy (non-hydrogen) atoms. The number of hydrogen-bond donors (Lipinski definition) is 0. The maximum Gasteiger partial charge on any atom is 0.201 e. The molecule has 0 atom stereocenters. The van der Waals surface area contributed by atoms with Crippen LogP contribution in [0.25, 0.3) is 22.4 Å². The fourth-order valence-electron chi connectivity index (χ4n) is 2.77. The van der Waals surface area contributed by atoms with Gasteiger partial charge in [0.25, 0.3) is 0 Å². The smallest absolute Gasteiger partial charge is 0.201 e. The fraction of sp³-hybridized carbons (Fsp3) is 0.143. The van der Waals surface area contributed by atoms with Crippen molar-refractivity contribution in [1.82, 2.24) is 0 Å².